The second-order valence-electron chi connectivity index (χ2n) is 4.84. The maximum absolute atomic E-state index is 11.9. The average Bonchev–Trinajstić information content (AvgIpc) is 2.95. The van der Waals surface area contributed by atoms with Gasteiger partial charge in [0, 0.05) is 11.6 Å². The minimum atomic E-state index is -0.408. The van der Waals surface area contributed by atoms with Crippen LogP contribution in [0.3, 0.4) is 0 Å². The molecule has 4 nitrogen and oxygen atoms in total. The molecule has 1 fully saturated rings. The summed E-state index contributed by atoms with van der Waals surface area (Å²) in [5.41, 5.74) is 1.82. The van der Waals surface area contributed by atoms with Crippen LogP contribution in [-0.4, -0.2) is 24.7 Å². The van der Waals surface area contributed by atoms with Crippen LogP contribution in [0.15, 0.2) is 54.6 Å². The lowest BCUT2D eigenvalue weighted by atomic mass is 10.1. The lowest BCUT2D eigenvalue weighted by molar-refractivity contribution is 0.167. The predicted octanol–water partition coefficient (Wildman–Crippen LogP) is 3.20. The monoisotopic (exact) mass is 293 g/mol. The van der Waals surface area contributed by atoms with Crippen molar-refractivity contribution in [2.45, 2.75) is 6.04 Å². The molecule has 1 amide bonds. The van der Waals surface area contributed by atoms with Gasteiger partial charge >= 0.3 is 6.09 Å². The largest absolute Gasteiger partial charge is 0.497 e. The van der Waals surface area contributed by atoms with Crippen molar-refractivity contribution < 1.29 is 14.3 Å². The molecule has 3 rings (SSSR count). The maximum atomic E-state index is 11.9. The van der Waals surface area contributed by atoms with Crippen LogP contribution in [0.25, 0.3) is 0 Å². The van der Waals surface area contributed by atoms with E-state index in [0.717, 1.165) is 16.9 Å². The van der Waals surface area contributed by atoms with Crippen molar-refractivity contribution in [1.82, 2.24) is 4.90 Å². The molecule has 1 heterocycles. The fourth-order valence-corrected chi connectivity index (χ4v) is 2.26. The van der Waals surface area contributed by atoms with Crippen molar-refractivity contribution in [3.63, 3.8) is 0 Å². The van der Waals surface area contributed by atoms with Crippen molar-refractivity contribution in [3.8, 4) is 17.7 Å². The minimum Gasteiger partial charge on any atom is -0.497 e. The molecule has 1 aliphatic heterocycles. The smallest absolute Gasteiger partial charge is 0.422 e. The van der Waals surface area contributed by atoms with Crippen LogP contribution in [-0.2, 0) is 4.74 Å². The number of nitrogens with zero attached hydrogens (tertiary/aromatic N) is 1. The van der Waals surface area contributed by atoms with E-state index in [9.17, 15) is 4.79 Å². The van der Waals surface area contributed by atoms with Crippen LogP contribution in [0.5, 0.6) is 5.75 Å². The van der Waals surface area contributed by atoms with Gasteiger partial charge in [0.05, 0.1) is 7.11 Å². The lowest BCUT2D eigenvalue weighted by Gasteiger charge is -2.14. The van der Waals surface area contributed by atoms with Gasteiger partial charge < -0.3 is 9.47 Å². The normalized spacial score (nSPS) is 16.7. The van der Waals surface area contributed by atoms with Gasteiger partial charge in [0.2, 0.25) is 0 Å². The number of rotatable bonds is 2. The van der Waals surface area contributed by atoms with Crippen molar-refractivity contribution in [2.75, 3.05) is 13.7 Å². The van der Waals surface area contributed by atoms with E-state index in [4.69, 9.17) is 9.47 Å². The third-order valence-electron chi connectivity index (χ3n) is 3.47. The summed E-state index contributed by atoms with van der Waals surface area (Å²) in [7, 11) is 1.62. The van der Waals surface area contributed by atoms with E-state index in [2.05, 4.69) is 12.0 Å². The van der Waals surface area contributed by atoms with Gasteiger partial charge in [-0.25, -0.2) is 9.69 Å². The maximum Gasteiger partial charge on any atom is 0.422 e. The summed E-state index contributed by atoms with van der Waals surface area (Å²) in [4.78, 5) is 13.3. The average molecular weight is 293 g/mol. The topological polar surface area (TPSA) is 38.8 Å². The number of carbonyl (C=O) groups is 1. The molecule has 0 unspecified atom stereocenters. The SMILES string of the molecule is COc1ccc(C#CN2C(=O)OC[C@H]2c2ccccc2)cc1. The number of amides is 1. The molecule has 1 atom stereocenters. The molecule has 0 N–H and O–H groups in total. The van der Waals surface area contributed by atoms with E-state index in [0.29, 0.717) is 6.61 Å². The zero-order chi connectivity index (χ0) is 15.4. The number of ether oxygens (including phenoxy) is 2. The molecule has 0 radical (unpaired) electrons. The number of cyclic esters (lactones) is 1. The Morgan fingerprint density at radius 1 is 1.14 bits per heavy atom. The highest BCUT2D eigenvalue weighted by atomic mass is 16.6. The molecule has 2 aromatic carbocycles. The molecule has 0 bridgehead atoms. The first kappa shape index (κ1) is 14.0. The van der Waals surface area contributed by atoms with E-state index in [1.807, 2.05) is 54.6 Å². The zero-order valence-corrected chi connectivity index (χ0v) is 12.2. The molecule has 0 spiro atoms. The number of hydrogen-bond acceptors (Lipinski definition) is 3. The Morgan fingerprint density at radius 2 is 1.86 bits per heavy atom. The number of methoxy groups -OCH3 is 1. The fourth-order valence-electron chi connectivity index (χ4n) is 2.26. The first-order valence-electron chi connectivity index (χ1n) is 6.94. The Kier molecular flexibility index (Phi) is 3.97. The Balaban J connectivity index is 1.83. The lowest BCUT2D eigenvalue weighted by Crippen LogP contribution is -2.22. The first-order chi connectivity index (χ1) is 10.8. The quantitative estimate of drug-likeness (QED) is 0.798. The standard InChI is InChI=1S/C18H15NO3/c1-21-16-9-7-14(8-10-16)11-12-19-17(13-22-18(19)20)15-5-3-2-4-6-15/h2-10,17H,13H2,1H3/t17-/m0/s1. The summed E-state index contributed by atoms with van der Waals surface area (Å²) in [5.74, 6) is 3.76. The summed E-state index contributed by atoms with van der Waals surface area (Å²) in [5, 5.41) is 0. The van der Waals surface area contributed by atoms with Crippen LogP contribution < -0.4 is 4.74 Å². The van der Waals surface area contributed by atoms with E-state index in [1.54, 1.807) is 7.11 Å². The van der Waals surface area contributed by atoms with E-state index in [-0.39, 0.29) is 6.04 Å². The molecule has 0 aromatic heterocycles. The summed E-state index contributed by atoms with van der Waals surface area (Å²) >= 11 is 0. The molecule has 1 saturated heterocycles. The highest BCUT2D eigenvalue weighted by Crippen LogP contribution is 2.26. The van der Waals surface area contributed by atoms with Crippen LogP contribution in [0.4, 0.5) is 4.79 Å². The number of hydrogen-bond donors (Lipinski definition) is 0. The third kappa shape index (κ3) is 2.89. The van der Waals surface area contributed by atoms with Crippen molar-refractivity contribution >= 4 is 6.09 Å². The highest BCUT2D eigenvalue weighted by molar-refractivity contribution is 5.73. The van der Waals surface area contributed by atoms with Gasteiger partial charge in [-0.05, 0) is 35.7 Å². The van der Waals surface area contributed by atoms with E-state index >= 15 is 0 Å². The van der Waals surface area contributed by atoms with Gasteiger partial charge in [-0.1, -0.05) is 30.3 Å². The Bertz CT molecular complexity index is 713. The summed E-state index contributed by atoms with van der Waals surface area (Å²) in [6.07, 6.45) is -0.408. The fraction of sp³-hybridized carbons (Fsp3) is 0.167. The number of carbonyl (C=O) groups excluding carboxylic acids is 1. The Morgan fingerprint density at radius 3 is 2.55 bits per heavy atom. The molecule has 1 aliphatic rings. The first-order valence-corrected chi connectivity index (χ1v) is 6.94. The summed E-state index contributed by atoms with van der Waals surface area (Å²) in [6, 6.07) is 19.9. The second kappa shape index (κ2) is 6.23. The van der Waals surface area contributed by atoms with Gasteiger partial charge in [-0.3, -0.25) is 0 Å². The zero-order valence-electron chi connectivity index (χ0n) is 12.2. The summed E-state index contributed by atoms with van der Waals surface area (Å²) in [6.45, 7) is 0.320. The minimum absolute atomic E-state index is 0.167. The van der Waals surface area contributed by atoms with Crippen LogP contribution >= 0.6 is 0 Å². The molecule has 0 saturated carbocycles. The third-order valence-corrected chi connectivity index (χ3v) is 3.47. The molecule has 2 aromatic rings. The molecule has 4 heteroatoms. The van der Waals surface area contributed by atoms with Crippen LogP contribution in [0.1, 0.15) is 17.2 Å². The Hall–Kier alpha value is -2.93. The molecular weight excluding hydrogens is 278 g/mol. The van der Waals surface area contributed by atoms with Crippen molar-refractivity contribution in [3.05, 3.63) is 65.7 Å². The van der Waals surface area contributed by atoms with Gasteiger partial charge in [0.25, 0.3) is 0 Å². The molecule has 110 valence electrons. The highest BCUT2D eigenvalue weighted by Gasteiger charge is 2.33. The van der Waals surface area contributed by atoms with E-state index in [1.165, 1.54) is 4.90 Å². The molecule has 0 aliphatic carbocycles. The van der Waals surface area contributed by atoms with Crippen molar-refractivity contribution in [1.29, 1.82) is 0 Å². The van der Waals surface area contributed by atoms with Gasteiger partial charge in [0.1, 0.15) is 18.4 Å². The molecular formula is C18H15NO3. The van der Waals surface area contributed by atoms with Crippen LogP contribution in [0.2, 0.25) is 0 Å². The number of benzene rings is 2. The van der Waals surface area contributed by atoms with E-state index < -0.39 is 6.09 Å². The van der Waals surface area contributed by atoms with Gasteiger partial charge in [-0.2, -0.15) is 0 Å². The second-order valence-corrected chi connectivity index (χ2v) is 4.84. The summed E-state index contributed by atoms with van der Waals surface area (Å²) < 4.78 is 10.2. The van der Waals surface area contributed by atoms with Gasteiger partial charge in [0.15, 0.2) is 0 Å². The predicted molar refractivity (Wildman–Crippen MR) is 82.2 cm³/mol. The van der Waals surface area contributed by atoms with Gasteiger partial charge in [-0.15, -0.1) is 0 Å². The Labute approximate surface area is 129 Å². The van der Waals surface area contributed by atoms with Crippen LogP contribution in [0, 0.1) is 12.0 Å². The van der Waals surface area contributed by atoms with Crippen molar-refractivity contribution in [2.24, 2.45) is 0 Å². The molecule has 22 heavy (non-hydrogen) atoms.